The monoisotopic (exact) mass is 420 g/mol. The first-order chi connectivity index (χ1) is 15.1. The number of fused-ring (bicyclic) bond motifs is 2. The lowest BCUT2D eigenvalue weighted by Gasteiger charge is -2.31. The molecule has 2 atom stereocenters. The number of amides is 2. The van der Waals surface area contributed by atoms with E-state index in [9.17, 15) is 9.59 Å². The Morgan fingerprint density at radius 3 is 2.77 bits per heavy atom. The van der Waals surface area contributed by atoms with E-state index in [1.54, 1.807) is 6.20 Å². The van der Waals surface area contributed by atoms with Crippen molar-refractivity contribution >= 4 is 11.8 Å². The number of carbonyl (C=O) groups is 2. The first kappa shape index (κ1) is 19.4. The summed E-state index contributed by atoms with van der Waals surface area (Å²) in [4.78, 5) is 26.9. The summed E-state index contributed by atoms with van der Waals surface area (Å²) in [6.07, 6.45) is 4.14. The zero-order chi connectivity index (χ0) is 21.4. The van der Waals surface area contributed by atoms with Crippen LogP contribution in [0.2, 0.25) is 0 Å². The van der Waals surface area contributed by atoms with Crippen molar-refractivity contribution in [3.8, 4) is 11.5 Å². The fourth-order valence-corrected chi connectivity index (χ4v) is 4.05. The number of hydrogen-bond acceptors (Lipinski definition) is 6. The molecule has 8 nitrogen and oxygen atoms in total. The molecule has 8 heteroatoms. The van der Waals surface area contributed by atoms with Gasteiger partial charge in [0.2, 0.25) is 12.7 Å². The fourth-order valence-electron chi connectivity index (χ4n) is 4.05. The molecule has 2 aromatic rings. The first-order valence-electron chi connectivity index (χ1n) is 10.3. The smallest absolute Gasteiger partial charge is 0.251 e. The fraction of sp³-hybridized carbons (Fsp3) is 0.304. The van der Waals surface area contributed by atoms with Gasteiger partial charge in [0.25, 0.3) is 5.91 Å². The van der Waals surface area contributed by atoms with Crippen LogP contribution in [0.15, 0.2) is 54.9 Å². The summed E-state index contributed by atoms with van der Waals surface area (Å²) >= 11 is 0. The average molecular weight is 420 g/mol. The minimum Gasteiger partial charge on any atom is -0.454 e. The highest BCUT2D eigenvalue weighted by molar-refractivity contribution is 5.89. The molecule has 0 spiro atoms. The molecule has 2 amide bonds. The second-order valence-electron chi connectivity index (χ2n) is 7.98. The van der Waals surface area contributed by atoms with Crippen LogP contribution in [0, 0.1) is 6.92 Å². The molecule has 3 aliphatic rings. The van der Waals surface area contributed by atoms with E-state index < -0.39 is 0 Å². The first-order valence-corrected chi connectivity index (χ1v) is 10.3. The summed E-state index contributed by atoms with van der Waals surface area (Å²) in [7, 11) is 0. The molecule has 1 saturated heterocycles. The molecule has 2 N–H and O–H groups in total. The molecular formula is C23H24N4O4. The second kappa shape index (κ2) is 7.96. The largest absolute Gasteiger partial charge is 0.454 e. The number of carbonyl (C=O) groups excluding carboxylic acids is 2. The molecular weight excluding hydrogens is 396 g/mol. The van der Waals surface area contributed by atoms with Gasteiger partial charge >= 0.3 is 0 Å². The Balaban J connectivity index is 1.17. The molecule has 2 aromatic carbocycles. The Morgan fingerprint density at radius 2 is 1.94 bits per heavy atom. The lowest BCUT2D eigenvalue weighted by atomic mass is 10.00. The Hall–Kier alpha value is -3.52. The zero-order valence-electron chi connectivity index (χ0n) is 17.2. The zero-order valence-corrected chi connectivity index (χ0v) is 17.2. The lowest BCUT2D eigenvalue weighted by molar-refractivity contribution is -0.138. The maximum absolute atomic E-state index is 13.0. The maximum Gasteiger partial charge on any atom is 0.251 e. The molecule has 5 rings (SSSR count). The van der Waals surface area contributed by atoms with Gasteiger partial charge in [-0.15, -0.1) is 0 Å². The summed E-state index contributed by atoms with van der Waals surface area (Å²) in [6.45, 7) is 2.61. The van der Waals surface area contributed by atoms with Crippen LogP contribution in [-0.4, -0.2) is 41.1 Å². The van der Waals surface area contributed by atoms with Crippen LogP contribution < -0.4 is 20.2 Å². The highest BCUT2D eigenvalue weighted by atomic mass is 16.7. The number of benzene rings is 2. The van der Waals surface area contributed by atoms with E-state index >= 15 is 0 Å². The molecule has 3 aliphatic heterocycles. The summed E-state index contributed by atoms with van der Waals surface area (Å²) in [5.74, 6) is 1.09. The number of hydrogen-bond donors (Lipinski definition) is 2. The molecule has 1 fully saturated rings. The highest BCUT2D eigenvalue weighted by Crippen LogP contribution is 2.33. The topological polar surface area (TPSA) is 83.1 Å². The number of hydrazine groups is 1. The van der Waals surface area contributed by atoms with Crippen LogP contribution in [0.1, 0.15) is 29.2 Å². The van der Waals surface area contributed by atoms with Gasteiger partial charge in [-0.25, -0.2) is 5.43 Å². The minimum absolute atomic E-state index is 0.0145. The van der Waals surface area contributed by atoms with Crippen molar-refractivity contribution in [2.45, 2.75) is 32.0 Å². The van der Waals surface area contributed by atoms with Gasteiger partial charge in [0.1, 0.15) is 12.6 Å². The van der Waals surface area contributed by atoms with Crippen LogP contribution in [0.5, 0.6) is 11.5 Å². The summed E-state index contributed by atoms with van der Waals surface area (Å²) in [5.41, 5.74) is 6.63. The van der Waals surface area contributed by atoms with E-state index in [2.05, 4.69) is 41.9 Å². The predicted octanol–water partition coefficient (Wildman–Crippen LogP) is 1.97. The average Bonchev–Trinajstić information content (AvgIpc) is 3.42. The van der Waals surface area contributed by atoms with Crippen LogP contribution in [0.25, 0.3) is 0 Å². The van der Waals surface area contributed by atoms with Crippen molar-refractivity contribution in [3.05, 3.63) is 71.6 Å². The van der Waals surface area contributed by atoms with Gasteiger partial charge in [-0.1, -0.05) is 35.9 Å². The van der Waals surface area contributed by atoms with Crippen molar-refractivity contribution in [1.82, 2.24) is 20.7 Å². The normalized spacial score (nSPS) is 21.4. The number of nitrogens with zero attached hydrogens (tertiary/aromatic N) is 2. The molecule has 0 aromatic heterocycles. The predicted molar refractivity (Wildman–Crippen MR) is 113 cm³/mol. The van der Waals surface area contributed by atoms with E-state index in [0.29, 0.717) is 24.5 Å². The number of aryl methyl sites for hydroxylation is 1. The van der Waals surface area contributed by atoms with E-state index in [-0.39, 0.29) is 37.2 Å². The molecule has 3 heterocycles. The summed E-state index contributed by atoms with van der Waals surface area (Å²) in [5, 5.41) is 4.71. The van der Waals surface area contributed by atoms with Gasteiger partial charge in [-0.2, -0.15) is 0 Å². The van der Waals surface area contributed by atoms with Crippen molar-refractivity contribution in [2.75, 3.05) is 13.3 Å². The Bertz CT molecular complexity index is 1040. The number of rotatable bonds is 5. The SMILES string of the molecule is Cc1ccc(C2CC3C(=O)N(CC(=O)NCc4ccc5c(c4)OCO5)C=CN3N2)cc1. The summed E-state index contributed by atoms with van der Waals surface area (Å²) < 4.78 is 10.7. The Morgan fingerprint density at radius 1 is 1.13 bits per heavy atom. The van der Waals surface area contributed by atoms with Crippen molar-refractivity contribution in [1.29, 1.82) is 0 Å². The van der Waals surface area contributed by atoms with Gasteiger partial charge < -0.3 is 24.7 Å². The molecule has 0 aliphatic carbocycles. The van der Waals surface area contributed by atoms with Gasteiger partial charge in [0.15, 0.2) is 11.5 Å². The van der Waals surface area contributed by atoms with Gasteiger partial charge in [-0.3, -0.25) is 9.59 Å². The van der Waals surface area contributed by atoms with E-state index in [4.69, 9.17) is 9.47 Å². The van der Waals surface area contributed by atoms with Crippen molar-refractivity contribution < 1.29 is 19.1 Å². The highest BCUT2D eigenvalue weighted by Gasteiger charge is 2.40. The maximum atomic E-state index is 13.0. The molecule has 31 heavy (non-hydrogen) atoms. The van der Waals surface area contributed by atoms with E-state index in [1.807, 2.05) is 29.4 Å². The van der Waals surface area contributed by atoms with Crippen molar-refractivity contribution in [3.63, 3.8) is 0 Å². The third-order valence-electron chi connectivity index (χ3n) is 5.80. The van der Waals surface area contributed by atoms with Crippen LogP contribution in [-0.2, 0) is 16.1 Å². The van der Waals surface area contributed by atoms with Gasteiger partial charge in [0.05, 0.1) is 6.04 Å². The molecule has 0 radical (unpaired) electrons. The second-order valence-corrected chi connectivity index (χ2v) is 7.98. The molecule has 0 saturated carbocycles. The molecule has 0 bridgehead atoms. The van der Waals surface area contributed by atoms with E-state index in [1.165, 1.54) is 10.5 Å². The van der Waals surface area contributed by atoms with E-state index in [0.717, 1.165) is 11.1 Å². The van der Waals surface area contributed by atoms with Crippen LogP contribution in [0.3, 0.4) is 0 Å². The van der Waals surface area contributed by atoms with Gasteiger partial charge in [-0.05, 0) is 36.6 Å². The standard InChI is InChI=1S/C23H24N4O4/c1-15-2-5-17(6-3-15)18-11-19-23(29)26(8-9-27(19)25-18)13-22(28)24-12-16-4-7-20-21(10-16)31-14-30-20/h2-10,18-19,25H,11-14H2,1H3,(H,24,28). The molecule has 160 valence electrons. The minimum atomic E-state index is -0.321. The third-order valence-corrected chi connectivity index (χ3v) is 5.80. The van der Waals surface area contributed by atoms with Gasteiger partial charge in [0, 0.05) is 18.9 Å². The Kier molecular flexibility index (Phi) is 4.99. The van der Waals surface area contributed by atoms with Crippen LogP contribution >= 0.6 is 0 Å². The number of ether oxygens (including phenoxy) is 2. The Labute approximate surface area is 180 Å². The van der Waals surface area contributed by atoms with Crippen LogP contribution in [0.4, 0.5) is 0 Å². The third kappa shape index (κ3) is 3.94. The summed E-state index contributed by atoms with van der Waals surface area (Å²) in [6, 6.07) is 13.6. The lowest BCUT2D eigenvalue weighted by Crippen LogP contribution is -2.50. The quantitative estimate of drug-likeness (QED) is 0.770. The van der Waals surface area contributed by atoms with Crippen molar-refractivity contribution in [2.24, 2.45) is 0 Å². The number of nitrogens with one attached hydrogen (secondary N) is 2. The molecule has 2 unspecified atom stereocenters.